The quantitative estimate of drug-likeness (QED) is 0.486. The van der Waals surface area contributed by atoms with Crippen molar-refractivity contribution in [2.45, 2.75) is 30.6 Å². The van der Waals surface area contributed by atoms with Crippen LogP contribution in [0.4, 0.5) is 0 Å². The third-order valence-electron chi connectivity index (χ3n) is 5.19. The third kappa shape index (κ3) is 6.71. The number of likely N-dealkylation sites (N-methyl/N-ethyl adjacent to an activating group) is 1. The van der Waals surface area contributed by atoms with Crippen molar-refractivity contribution in [2.75, 3.05) is 26.5 Å². The Morgan fingerprint density at radius 2 is 1.53 bits per heavy atom. The highest BCUT2D eigenvalue weighted by molar-refractivity contribution is 7.98. The Morgan fingerprint density at radius 1 is 0.900 bits per heavy atom. The highest BCUT2D eigenvalue weighted by Crippen LogP contribution is 2.26. The minimum Gasteiger partial charge on any atom is -0.385 e. The first-order valence-corrected chi connectivity index (χ1v) is 11.6. The molecule has 0 spiro atoms. The van der Waals surface area contributed by atoms with Crippen molar-refractivity contribution in [3.05, 3.63) is 101 Å². The molecule has 0 aromatic heterocycles. The van der Waals surface area contributed by atoms with Crippen LogP contribution in [0.3, 0.4) is 0 Å². The Hall–Kier alpha value is -2.11. The Labute approximate surface area is 184 Å². The Bertz CT molecular complexity index is 881. The van der Waals surface area contributed by atoms with Crippen LogP contribution in [0.15, 0.2) is 83.8 Å². The number of nitrogens with one attached hydrogen (secondary N) is 1. The van der Waals surface area contributed by atoms with Crippen LogP contribution in [-0.2, 0) is 11.3 Å². The van der Waals surface area contributed by atoms with Crippen LogP contribution in [-0.4, -0.2) is 37.7 Å². The fourth-order valence-electron chi connectivity index (χ4n) is 3.59. The highest BCUT2D eigenvalue weighted by atomic mass is 32.2. The molecule has 0 saturated heterocycles. The van der Waals surface area contributed by atoms with Gasteiger partial charge in [-0.05, 0) is 36.4 Å². The second-order valence-corrected chi connectivity index (χ2v) is 8.75. The Morgan fingerprint density at radius 3 is 2.17 bits per heavy atom. The smallest absolute Gasteiger partial charge is 0.126 e. The standard InChI is InChI=1S/C26H31NO2S/c1-20-9-13-23(14-10-20)26(22-7-5-4-6-8-22)29-19-24(28)18-27(2)17-21-11-15-25(30-3)16-12-21/h4-16,24,26,28H,17-19H2,1-3H3/p+1/t24-,26+/m1/s1. The van der Waals surface area contributed by atoms with Gasteiger partial charge in [-0.3, -0.25) is 0 Å². The number of benzene rings is 3. The van der Waals surface area contributed by atoms with Gasteiger partial charge in [0, 0.05) is 10.5 Å². The molecule has 158 valence electrons. The summed E-state index contributed by atoms with van der Waals surface area (Å²) in [4.78, 5) is 2.53. The SMILES string of the molecule is CSc1ccc(C[NH+](C)C[C@@H](O)CO[C@@H](c2ccccc2)c2ccc(C)cc2)cc1. The molecule has 4 heteroatoms. The van der Waals surface area contributed by atoms with Crippen LogP contribution in [0.25, 0.3) is 0 Å². The zero-order valence-electron chi connectivity index (χ0n) is 18.0. The number of hydrogen-bond acceptors (Lipinski definition) is 3. The van der Waals surface area contributed by atoms with Gasteiger partial charge in [0.2, 0.25) is 0 Å². The first kappa shape index (κ1) is 22.6. The number of rotatable bonds is 10. The van der Waals surface area contributed by atoms with Crippen LogP contribution in [0.1, 0.15) is 28.4 Å². The predicted octanol–water partition coefficient (Wildman–Crippen LogP) is 3.90. The fourth-order valence-corrected chi connectivity index (χ4v) is 3.99. The van der Waals surface area contributed by atoms with E-state index in [-0.39, 0.29) is 6.10 Å². The molecule has 0 aliphatic heterocycles. The molecule has 0 heterocycles. The van der Waals surface area contributed by atoms with Gasteiger partial charge in [0.05, 0.1) is 13.7 Å². The van der Waals surface area contributed by atoms with Crippen LogP contribution in [0.2, 0.25) is 0 Å². The minimum atomic E-state index is -0.521. The molecule has 0 bridgehead atoms. The molecule has 3 atom stereocenters. The molecule has 2 N–H and O–H groups in total. The molecule has 0 fully saturated rings. The maximum absolute atomic E-state index is 10.6. The second kappa shape index (κ2) is 11.3. The number of aliphatic hydroxyl groups excluding tert-OH is 1. The van der Waals surface area contributed by atoms with E-state index in [2.05, 4.69) is 80.9 Å². The van der Waals surface area contributed by atoms with E-state index in [1.807, 2.05) is 18.2 Å². The third-order valence-corrected chi connectivity index (χ3v) is 5.93. The predicted molar refractivity (Wildman–Crippen MR) is 125 cm³/mol. The maximum Gasteiger partial charge on any atom is 0.126 e. The lowest BCUT2D eigenvalue weighted by molar-refractivity contribution is -0.897. The van der Waals surface area contributed by atoms with Crippen LogP contribution < -0.4 is 4.90 Å². The van der Waals surface area contributed by atoms with E-state index in [0.717, 1.165) is 17.7 Å². The molecular formula is C26H32NO2S+. The molecular weight excluding hydrogens is 390 g/mol. The van der Waals surface area contributed by atoms with E-state index >= 15 is 0 Å². The zero-order valence-corrected chi connectivity index (χ0v) is 18.9. The van der Waals surface area contributed by atoms with Gasteiger partial charge in [-0.15, -0.1) is 11.8 Å². The van der Waals surface area contributed by atoms with E-state index < -0.39 is 6.10 Å². The number of hydrogen-bond donors (Lipinski definition) is 2. The van der Waals surface area contributed by atoms with Crippen molar-refractivity contribution in [3.8, 4) is 0 Å². The van der Waals surface area contributed by atoms with Crippen LogP contribution in [0.5, 0.6) is 0 Å². The van der Waals surface area contributed by atoms with Crippen molar-refractivity contribution in [2.24, 2.45) is 0 Å². The molecule has 0 saturated carbocycles. The van der Waals surface area contributed by atoms with Gasteiger partial charge in [-0.25, -0.2) is 0 Å². The summed E-state index contributed by atoms with van der Waals surface area (Å²) in [5.74, 6) is 0. The molecule has 3 rings (SSSR count). The van der Waals surface area contributed by atoms with Crippen molar-refractivity contribution in [3.63, 3.8) is 0 Å². The lowest BCUT2D eigenvalue weighted by Gasteiger charge is -2.23. The van der Waals surface area contributed by atoms with Gasteiger partial charge in [-0.1, -0.05) is 72.3 Å². The van der Waals surface area contributed by atoms with Gasteiger partial charge < -0.3 is 14.7 Å². The van der Waals surface area contributed by atoms with Crippen molar-refractivity contribution >= 4 is 11.8 Å². The first-order chi connectivity index (χ1) is 14.5. The van der Waals surface area contributed by atoms with E-state index in [1.54, 1.807) is 11.8 Å². The van der Waals surface area contributed by atoms with E-state index in [9.17, 15) is 5.11 Å². The number of thioether (sulfide) groups is 1. The molecule has 0 aliphatic carbocycles. The number of quaternary nitrogens is 1. The van der Waals surface area contributed by atoms with Crippen molar-refractivity contribution in [1.82, 2.24) is 0 Å². The summed E-state index contributed by atoms with van der Waals surface area (Å²) in [7, 11) is 2.11. The highest BCUT2D eigenvalue weighted by Gasteiger charge is 2.19. The molecule has 3 aromatic carbocycles. The van der Waals surface area contributed by atoms with E-state index in [1.165, 1.54) is 20.9 Å². The van der Waals surface area contributed by atoms with Gasteiger partial charge in [0.15, 0.2) is 0 Å². The monoisotopic (exact) mass is 422 g/mol. The molecule has 0 amide bonds. The summed E-state index contributed by atoms with van der Waals surface area (Å²) >= 11 is 1.75. The topological polar surface area (TPSA) is 33.9 Å². The maximum atomic E-state index is 10.6. The van der Waals surface area contributed by atoms with Gasteiger partial charge in [-0.2, -0.15) is 0 Å². The Balaban J connectivity index is 1.58. The largest absolute Gasteiger partial charge is 0.385 e. The number of ether oxygens (including phenoxy) is 1. The lowest BCUT2D eigenvalue weighted by atomic mass is 10.0. The molecule has 30 heavy (non-hydrogen) atoms. The summed E-state index contributed by atoms with van der Waals surface area (Å²) in [5, 5.41) is 10.6. The van der Waals surface area contributed by atoms with Crippen molar-refractivity contribution < 1.29 is 14.7 Å². The van der Waals surface area contributed by atoms with E-state index in [4.69, 9.17) is 4.74 Å². The summed E-state index contributed by atoms with van der Waals surface area (Å²) in [6.07, 6.45) is 1.38. The molecule has 0 aliphatic rings. The second-order valence-electron chi connectivity index (χ2n) is 7.87. The molecule has 1 unspecified atom stereocenters. The first-order valence-electron chi connectivity index (χ1n) is 10.4. The van der Waals surface area contributed by atoms with Gasteiger partial charge in [0.25, 0.3) is 0 Å². The van der Waals surface area contributed by atoms with Crippen molar-refractivity contribution in [1.29, 1.82) is 0 Å². The van der Waals surface area contributed by atoms with Gasteiger partial charge in [0.1, 0.15) is 25.3 Å². The minimum absolute atomic E-state index is 0.180. The lowest BCUT2D eigenvalue weighted by Crippen LogP contribution is -3.08. The molecule has 0 radical (unpaired) electrons. The summed E-state index contributed by atoms with van der Waals surface area (Å²) in [6.45, 7) is 3.90. The average Bonchev–Trinajstić information content (AvgIpc) is 2.76. The average molecular weight is 423 g/mol. The van der Waals surface area contributed by atoms with Gasteiger partial charge >= 0.3 is 0 Å². The normalized spacial score (nSPS) is 14.3. The fraction of sp³-hybridized carbons (Fsp3) is 0.308. The summed E-state index contributed by atoms with van der Waals surface area (Å²) in [6, 6.07) is 27.3. The summed E-state index contributed by atoms with van der Waals surface area (Å²) < 4.78 is 6.23. The molecule has 3 aromatic rings. The van der Waals surface area contributed by atoms with E-state index in [0.29, 0.717) is 13.2 Å². The number of aliphatic hydroxyl groups is 1. The zero-order chi connectivity index (χ0) is 21.3. The summed E-state index contributed by atoms with van der Waals surface area (Å²) in [5.41, 5.74) is 4.71. The van der Waals surface area contributed by atoms with Crippen LogP contribution in [0, 0.1) is 6.92 Å². The van der Waals surface area contributed by atoms with Crippen LogP contribution >= 0.6 is 11.8 Å². The molecule has 3 nitrogen and oxygen atoms in total. The Kier molecular flexibility index (Phi) is 8.52. The number of aryl methyl sites for hydroxylation is 1.